The Balaban J connectivity index is 1.36. The first-order valence-corrected chi connectivity index (χ1v) is 11.6. The predicted molar refractivity (Wildman–Crippen MR) is 125 cm³/mol. The normalized spacial score (nSPS) is 24.7. The topological polar surface area (TPSA) is 92.0 Å². The van der Waals surface area contributed by atoms with Crippen molar-refractivity contribution in [3.63, 3.8) is 0 Å². The summed E-state index contributed by atoms with van der Waals surface area (Å²) >= 11 is 6.50. The number of imide groups is 1. The highest BCUT2D eigenvalue weighted by Crippen LogP contribution is 2.52. The van der Waals surface area contributed by atoms with Crippen molar-refractivity contribution in [2.45, 2.75) is 20.0 Å². The molecule has 2 bridgehead atoms. The van der Waals surface area contributed by atoms with Crippen LogP contribution >= 0.6 is 11.6 Å². The van der Waals surface area contributed by atoms with E-state index in [2.05, 4.69) is 11.2 Å². The molecular formula is C26H22ClN3O4. The van der Waals surface area contributed by atoms with E-state index < -0.39 is 0 Å². The largest absolute Gasteiger partial charge is 0.490 e. The van der Waals surface area contributed by atoms with Crippen molar-refractivity contribution in [2.75, 3.05) is 6.61 Å². The van der Waals surface area contributed by atoms with Gasteiger partial charge in [-0.05, 0) is 48.9 Å². The smallest absolute Gasteiger partial charge is 0.254 e. The van der Waals surface area contributed by atoms with Gasteiger partial charge in [-0.15, -0.1) is 0 Å². The van der Waals surface area contributed by atoms with E-state index >= 15 is 0 Å². The molecule has 7 nitrogen and oxygen atoms in total. The van der Waals surface area contributed by atoms with Gasteiger partial charge in [-0.2, -0.15) is 15.4 Å². The Bertz CT molecular complexity index is 1240. The van der Waals surface area contributed by atoms with Crippen LogP contribution in [0.3, 0.4) is 0 Å². The maximum absolute atomic E-state index is 12.8. The van der Waals surface area contributed by atoms with E-state index in [0.29, 0.717) is 34.3 Å². The molecule has 0 radical (unpaired) electrons. The first kappa shape index (κ1) is 22.2. The first-order valence-electron chi connectivity index (χ1n) is 11.2. The molecule has 8 heteroatoms. The van der Waals surface area contributed by atoms with E-state index in [1.54, 1.807) is 24.3 Å². The lowest BCUT2D eigenvalue weighted by Crippen LogP contribution is -2.28. The highest BCUT2D eigenvalue weighted by atomic mass is 35.5. The van der Waals surface area contributed by atoms with Crippen LogP contribution in [-0.2, 0) is 16.2 Å². The van der Waals surface area contributed by atoms with Gasteiger partial charge in [0.1, 0.15) is 6.61 Å². The molecule has 0 spiro atoms. The molecule has 0 unspecified atom stereocenters. The Kier molecular flexibility index (Phi) is 5.84. The third-order valence-corrected chi connectivity index (χ3v) is 6.89. The summed E-state index contributed by atoms with van der Waals surface area (Å²) in [6.07, 6.45) is 6.41. The Labute approximate surface area is 202 Å². The Morgan fingerprint density at radius 1 is 1.15 bits per heavy atom. The van der Waals surface area contributed by atoms with Crippen molar-refractivity contribution in [1.82, 2.24) is 5.01 Å². The Hall–Kier alpha value is -3.63. The molecule has 2 amide bonds. The van der Waals surface area contributed by atoms with Gasteiger partial charge < -0.3 is 9.47 Å². The molecule has 2 aliphatic carbocycles. The maximum atomic E-state index is 12.8. The van der Waals surface area contributed by atoms with Gasteiger partial charge in [0.2, 0.25) is 0 Å². The predicted octanol–water partition coefficient (Wildman–Crippen LogP) is 4.33. The lowest BCUT2D eigenvalue weighted by Gasteiger charge is -2.15. The van der Waals surface area contributed by atoms with Gasteiger partial charge in [-0.1, -0.05) is 42.0 Å². The number of rotatable bonds is 7. The minimum Gasteiger partial charge on any atom is -0.490 e. The van der Waals surface area contributed by atoms with Crippen LogP contribution in [-0.4, -0.2) is 29.6 Å². The monoisotopic (exact) mass is 475 g/mol. The molecule has 1 heterocycles. The van der Waals surface area contributed by atoms with E-state index in [1.165, 1.54) is 6.21 Å². The summed E-state index contributed by atoms with van der Waals surface area (Å²) in [4.78, 5) is 25.7. The van der Waals surface area contributed by atoms with Crippen LogP contribution in [0.2, 0.25) is 5.02 Å². The number of hydrogen-bond acceptors (Lipinski definition) is 6. The lowest BCUT2D eigenvalue weighted by atomic mass is 9.85. The van der Waals surface area contributed by atoms with Crippen molar-refractivity contribution < 1.29 is 19.1 Å². The number of hydrogen-bond donors (Lipinski definition) is 0. The number of ether oxygens (including phenoxy) is 2. The summed E-state index contributed by atoms with van der Waals surface area (Å²) < 4.78 is 11.6. The number of halogens is 1. The van der Waals surface area contributed by atoms with Gasteiger partial charge in [-0.25, -0.2) is 0 Å². The molecule has 172 valence electrons. The number of nitriles is 1. The summed E-state index contributed by atoms with van der Waals surface area (Å²) in [6.45, 7) is 2.36. The summed E-state index contributed by atoms with van der Waals surface area (Å²) in [7, 11) is 0. The van der Waals surface area contributed by atoms with Crippen LogP contribution in [0.25, 0.3) is 0 Å². The molecule has 3 aliphatic rings. The van der Waals surface area contributed by atoms with Gasteiger partial charge in [0.05, 0.1) is 41.3 Å². The number of nitrogens with zero attached hydrogens (tertiary/aromatic N) is 3. The molecule has 0 aromatic heterocycles. The third-order valence-electron chi connectivity index (χ3n) is 6.61. The first-order chi connectivity index (χ1) is 16.5. The van der Waals surface area contributed by atoms with Crippen molar-refractivity contribution in [2.24, 2.45) is 28.8 Å². The quantitative estimate of drug-likeness (QED) is 0.337. The second-order valence-corrected chi connectivity index (χ2v) is 8.96. The number of benzene rings is 2. The molecule has 1 saturated heterocycles. The van der Waals surface area contributed by atoms with Crippen molar-refractivity contribution in [3.05, 3.63) is 70.3 Å². The summed E-state index contributed by atoms with van der Waals surface area (Å²) in [5.41, 5.74) is 1.82. The van der Waals surface area contributed by atoms with Crippen LogP contribution < -0.4 is 9.47 Å². The van der Waals surface area contributed by atoms with Crippen LogP contribution in [0, 0.1) is 35.0 Å². The number of amides is 2. The molecule has 5 rings (SSSR count). The summed E-state index contributed by atoms with van der Waals surface area (Å²) in [6, 6.07) is 12.6. The molecule has 1 aliphatic heterocycles. The van der Waals surface area contributed by atoms with Gasteiger partial charge in [-0.3, -0.25) is 9.59 Å². The standard InChI is InChI=1S/C26H22ClN3O4/c1-2-33-21-10-15(9-20(27)24(21)34-14-19-6-4-3-5-18(19)12-28)13-29-30-25(31)22-16-7-8-17(11-16)23(22)26(30)32/h3-10,13,16-17,22-23H,2,11,14H2,1H3/t16-,17-,22-,23+/m0/s1. The van der Waals surface area contributed by atoms with Crippen molar-refractivity contribution >= 4 is 29.6 Å². The van der Waals surface area contributed by atoms with E-state index in [-0.39, 0.29) is 42.1 Å². The maximum Gasteiger partial charge on any atom is 0.254 e. The molecule has 4 atom stereocenters. The van der Waals surface area contributed by atoms with Crippen LogP contribution in [0.15, 0.2) is 53.7 Å². The Morgan fingerprint density at radius 3 is 2.53 bits per heavy atom. The summed E-state index contributed by atoms with van der Waals surface area (Å²) in [5.74, 6) is -0.0567. The minimum atomic E-state index is -0.297. The molecule has 2 aromatic carbocycles. The van der Waals surface area contributed by atoms with Crippen molar-refractivity contribution in [3.8, 4) is 17.6 Å². The SMILES string of the molecule is CCOc1cc(C=NN2C(=O)[C@@H]3[C@H](C2=O)[C@H]2C=C[C@H]3C2)cc(Cl)c1OCc1ccccc1C#N. The minimum absolute atomic E-state index is 0.133. The van der Waals surface area contributed by atoms with E-state index in [9.17, 15) is 14.9 Å². The van der Waals surface area contributed by atoms with Crippen LogP contribution in [0.4, 0.5) is 0 Å². The van der Waals surface area contributed by atoms with Crippen LogP contribution in [0.1, 0.15) is 30.0 Å². The zero-order valence-electron chi connectivity index (χ0n) is 18.5. The fraction of sp³-hybridized carbons (Fsp3) is 0.308. The molecule has 0 N–H and O–H groups in total. The lowest BCUT2D eigenvalue weighted by molar-refractivity contribution is -0.140. The van der Waals surface area contributed by atoms with Crippen molar-refractivity contribution in [1.29, 1.82) is 5.26 Å². The number of allylic oxidation sites excluding steroid dienone is 2. The fourth-order valence-corrected chi connectivity index (χ4v) is 5.37. The fourth-order valence-electron chi connectivity index (χ4n) is 5.10. The van der Waals surface area contributed by atoms with Gasteiger partial charge >= 0.3 is 0 Å². The molecule has 1 saturated carbocycles. The highest BCUT2D eigenvalue weighted by molar-refractivity contribution is 6.32. The Morgan fingerprint density at radius 2 is 1.85 bits per heavy atom. The zero-order valence-corrected chi connectivity index (χ0v) is 19.2. The van der Waals surface area contributed by atoms with E-state index in [0.717, 1.165) is 17.0 Å². The zero-order chi connectivity index (χ0) is 23.8. The van der Waals surface area contributed by atoms with Gasteiger partial charge in [0, 0.05) is 5.56 Å². The second kappa shape index (κ2) is 8.96. The second-order valence-electron chi connectivity index (χ2n) is 8.55. The average Bonchev–Trinajstić information content (AvgIpc) is 3.52. The number of carbonyl (C=O) groups is 2. The third kappa shape index (κ3) is 3.74. The molecule has 34 heavy (non-hydrogen) atoms. The summed E-state index contributed by atoms with van der Waals surface area (Å²) in [5, 5.41) is 14.8. The molecule has 2 fully saturated rings. The molecule has 2 aromatic rings. The van der Waals surface area contributed by atoms with E-state index in [4.69, 9.17) is 21.1 Å². The number of fused-ring (bicyclic) bond motifs is 5. The van der Waals surface area contributed by atoms with Gasteiger partial charge in [0.25, 0.3) is 11.8 Å². The number of hydrazone groups is 1. The number of carbonyl (C=O) groups excluding carboxylic acids is 2. The molecular weight excluding hydrogens is 454 g/mol. The highest BCUT2D eigenvalue weighted by Gasteiger charge is 2.59. The van der Waals surface area contributed by atoms with Crippen LogP contribution in [0.5, 0.6) is 11.5 Å². The van der Waals surface area contributed by atoms with E-state index in [1.807, 2.05) is 31.2 Å². The van der Waals surface area contributed by atoms with Gasteiger partial charge in [0.15, 0.2) is 11.5 Å². The average molecular weight is 476 g/mol.